The van der Waals surface area contributed by atoms with Crippen molar-refractivity contribution in [1.82, 2.24) is 4.57 Å². The van der Waals surface area contributed by atoms with Crippen LogP contribution in [0.4, 0.5) is 0 Å². The summed E-state index contributed by atoms with van der Waals surface area (Å²) in [6.45, 7) is 5.54. The van der Waals surface area contributed by atoms with Gasteiger partial charge < -0.3 is 23.7 Å². The zero-order valence-electron chi connectivity index (χ0n) is 27.2. The van der Waals surface area contributed by atoms with Gasteiger partial charge in [-0.25, -0.2) is 14.6 Å². The van der Waals surface area contributed by atoms with Crippen molar-refractivity contribution in [3.8, 4) is 23.3 Å². The molecular formula is C36H32BrN3O8S. The van der Waals surface area contributed by atoms with E-state index >= 15 is 0 Å². The molecule has 3 aromatic carbocycles. The van der Waals surface area contributed by atoms with Crippen LogP contribution in [0.3, 0.4) is 0 Å². The van der Waals surface area contributed by atoms with Crippen molar-refractivity contribution in [3.63, 3.8) is 0 Å². The minimum Gasteiger partial charge on any atom is -0.490 e. The highest BCUT2D eigenvalue weighted by molar-refractivity contribution is 9.10. The fourth-order valence-electron chi connectivity index (χ4n) is 5.17. The summed E-state index contributed by atoms with van der Waals surface area (Å²) < 4.78 is 30.1. The molecule has 0 aliphatic carbocycles. The highest BCUT2D eigenvalue weighted by Gasteiger charge is 2.34. The van der Waals surface area contributed by atoms with Crippen molar-refractivity contribution < 1.29 is 33.3 Å². The maximum Gasteiger partial charge on any atom is 0.343 e. The molecule has 0 amide bonds. The number of halogens is 1. The number of hydrogen-bond acceptors (Lipinski definition) is 11. The third-order valence-electron chi connectivity index (χ3n) is 7.45. The van der Waals surface area contributed by atoms with E-state index in [1.165, 1.54) is 23.0 Å². The summed E-state index contributed by atoms with van der Waals surface area (Å²) >= 11 is 4.76. The number of hydrogen-bond donors (Lipinski definition) is 0. The van der Waals surface area contributed by atoms with Gasteiger partial charge in [0.15, 0.2) is 22.9 Å². The van der Waals surface area contributed by atoms with Crippen LogP contribution < -0.4 is 29.1 Å². The lowest BCUT2D eigenvalue weighted by atomic mass is 9.95. The van der Waals surface area contributed by atoms with Gasteiger partial charge in [-0.15, -0.1) is 0 Å². The molecule has 0 spiro atoms. The molecular weight excluding hydrogens is 714 g/mol. The van der Waals surface area contributed by atoms with E-state index in [4.69, 9.17) is 18.9 Å². The lowest BCUT2D eigenvalue weighted by Gasteiger charge is -2.25. The topological polar surface area (TPSA) is 138 Å². The lowest BCUT2D eigenvalue weighted by Crippen LogP contribution is -2.40. The van der Waals surface area contributed by atoms with Gasteiger partial charge in [-0.3, -0.25) is 9.36 Å². The normalized spacial score (nSPS) is 14.0. The number of carbonyl (C=O) groups excluding carboxylic acids is 2. The molecule has 0 fully saturated rings. The summed E-state index contributed by atoms with van der Waals surface area (Å²) in [6.07, 6.45) is 1.75. The summed E-state index contributed by atoms with van der Waals surface area (Å²) in [7, 11) is 1.27. The number of nitrogens with zero attached hydrogens (tertiary/aromatic N) is 3. The summed E-state index contributed by atoms with van der Waals surface area (Å²) in [4.78, 5) is 44.2. The average Bonchev–Trinajstić information content (AvgIpc) is 3.40. The first-order valence-corrected chi connectivity index (χ1v) is 16.9. The Kier molecular flexibility index (Phi) is 11.3. The van der Waals surface area contributed by atoms with Gasteiger partial charge in [-0.05, 0) is 84.2 Å². The predicted molar refractivity (Wildman–Crippen MR) is 185 cm³/mol. The van der Waals surface area contributed by atoms with Gasteiger partial charge in [0, 0.05) is 5.56 Å². The average molecular weight is 747 g/mol. The Labute approximate surface area is 294 Å². The molecule has 1 atom stereocenters. The van der Waals surface area contributed by atoms with Crippen LogP contribution in [0.5, 0.6) is 17.2 Å². The molecule has 0 saturated carbocycles. The summed E-state index contributed by atoms with van der Waals surface area (Å²) in [6, 6.07) is 19.0. The van der Waals surface area contributed by atoms with Crippen LogP contribution in [0.15, 0.2) is 86.2 Å². The first-order chi connectivity index (χ1) is 23.7. The zero-order chi connectivity index (χ0) is 35.1. The number of nitriles is 1. The maximum atomic E-state index is 14.1. The Balaban J connectivity index is 1.54. The van der Waals surface area contributed by atoms with E-state index in [1.54, 1.807) is 63.2 Å². The number of allylic oxidation sites excluding steroid dienone is 1. The second-order valence-electron chi connectivity index (χ2n) is 10.6. The molecule has 13 heteroatoms. The molecule has 0 unspecified atom stereocenters. The summed E-state index contributed by atoms with van der Waals surface area (Å²) in [5.74, 6) is 0.0488. The number of rotatable bonds is 12. The molecule has 0 radical (unpaired) electrons. The van der Waals surface area contributed by atoms with Crippen LogP contribution in [-0.2, 0) is 25.7 Å². The van der Waals surface area contributed by atoms with Gasteiger partial charge in [0.05, 0.1) is 58.3 Å². The number of fused-ring (bicyclic) bond motifs is 1. The van der Waals surface area contributed by atoms with Gasteiger partial charge in [0.1, 0.15) is 12.4 Å². The highest BCUT2D eigenvalue weighted by atomic mass is 79.9. The third-order valence-corrected chi connectivity index (χ3v) is 9.05. The van der Waals surface area contributed by atoms with Crippen LogP contribution in [0.1, 0.15) is 49.1 Å². The number of methoxy groups -OCH3 is 1. The van der Waals surface area contributed by atoms with Gasteiger partial charge in [0.2, 0.25) is 0 Å². The van der Waals surface area contributed by atoms with Crippen LogP contribution in [0, 0.1) is 11.3 Å². The Hall–Kier alpha value is -5.19. The fourth-order valence-corrected chi connectivity index (χ4v) is 6.73. The lowest BCUT2D eigenvalue weighted by molar-refractivity contribution is -0.143. The quantitative estimate of drug-likeness (QED) is 0.184. The fraction of sp³-hybridized carbons (Fsp3) is 0.250. The molecule has 11 nitrogen and oxygen atoms in total. The van der Waals surface area contributed by atoms with Crippen molar-refractivity contribution >= 4 is 45.3 Å². The number of benzene rings is 3. The Morgan fingerprint density at radius 1 is 1.02 bits per heavy atom. The molecule has 49 heavy (non-hydrogen) atoms. The van der Waals surface area contributed by atoms with Gasteiger partial charge in [-0.2, -0.15) is 5.26 Å². The van der Waals surface area contributed by atoms with Crippen LogP contribution >= 0.6 is 27.3 Å². The monoisotopic (exact) mass is 745 g/mol. The van der Waals surface area contributed by atoms with E-state index in [1.807, 2.05) is 24.3 Å². The van der Waals surface area contributed by atoms with Crippen LogP contribution in [0.25, 0.3) is 6.08 Å². The van der Waals surface area contributed by atoms with E-state index in [0.717, 1.165) is 11.1 Å². The summed E-state index contributed by atoms with van der Waals surface area (Å²) in [5.41, 5.74) is 2.88. The summed E-state index contributed by atoms with van der Waals surface area (Å²) in [5, 5.41) is 9.38. The SMILES string of the molecule is CCOC(=O)C1=C(C)N=c2s/c(=C\c3ccc(OCc4ccccc4C#N)c(Br)c3)c(=O)n2[C@H]1c1ccc(OCC(=O)OC)c(OCC)c1. The smallest absolute Gasteiger partial charge is 0.343 e. The van der Waals surface area contributed by atoms with E-state index < -0.39 is 18.0 Å². The molecule has 2 heterocycles. The zero-order valence-corrected chi connectivity index (χ0v) is 29.6. The van der Waals surface area contributed by atoms with Crippen molar-refractivity contribution in [1.29, 1.82) is 5.26 Å². The number of thiazole rings is 1. The molecule has 4 aromatic rings. The largest absolute Gasteiger partial charge is 0.490 e. The first-order valence-electron chi connectivity index (χ1n) is 15.2. The van der Waals surface area contributed by atoms with Gasteiger partial charge in [-0.1, -0.05) is 41.7 Å². The van der Waals surface area contributed by atoms with Crippen LogP contribution in [0.2, 0.25) is 0 Å². The van der Waals surface area contributed by atoms with E-state index in [0.29, 0.717) is 54.5 Å². The first kappa shape index (κ1) is 35.1. The van der Waals surface area contributed by atoms with E-state index in [-0.39, 0.29) is 31.0 Å². The molecule has 1 aliphatic rings. The van der Waals surface area contributed by atoms with E-state index in [2.05, 4.69) is 31.7 Å². The standard InChI is InChI=1S/C36H32BrN3O8S/c1-5-45-29-17-23(12-14-28(29)48-20-31(41)44-4)33-32(35(43)46-6-2)21(3)39-36-40(33)34(42)30(49-36)16-22-11-13-27(26(37)15-22)47-19-25-10-8-7-9-24(25)18-38/h7-17,33H,5-6,19-20H2,1-4H3/b30-16-/t33-/m0/s1. The molecule has 1 aromatic heterocycles. The molecule has 0 N–H and O–H groups in total. The van der Waals surface area contributed by atoms with Gasteiger partial charge >= 0.3 is 11.9 Å². The Morgan fingerprint density at radius 3 is 2.51 bits per heavy atom. The second-order valence-corrected chi connectivity index (χ2v) is 12.4. The molecule has 0 bridgehead atoms. The van der Waals surface area contributed by atoms with E-state index in [9.17, 15) is 19.6 Å². The number of aromatic nitrogens is 1. The van der Waals surface area contributed by atoms with Crippen LogP contribution in [-0.4, -0.2) is 43.4 Å². The van der Waals surface area contributed by atoms with Crippen molar-refractivity contribution in [2.75, 3.05) is 26.9 Å². The highest BCUT2D eigenvalue weighted by Crippen LogP contribution is 2.36. The maximum absolute atomic E-state index is 14.1. The second kappa shape index (κ2) is 15.8. The minimum atomic E-state index is -0.884. The van der Waals surface area contributed by atoms with Crippen molar-refractivity contribution in [2.24, 2.45) is 4.99 Å². The van der Waals surface area contributed by atoms with Crippen molar-refractivity contribution in [3.05, 3.63) is 118 Å². The molecule has 1 aliphatic heterocycles. The molecule has 5 rings (SSSR count). The molecule has 0 saturated heterocycles. The number of esters is 2. The Morgan fingerprint density at radius 2 is 1.80 bits per heavy atom. The van der Waals surface area contributed by atoms with Gasteiger partial charge in [0.25, 0.3) is 5.56 Å². The molecule has 252 valence electrons. The minimum absolute atomic E-state index is 0.136. The Bertz CT molecular complexity index is 2170. The number of ether oxygens (including phenoxy) is 5. The number of carbonyl (C=O) groups is 2. The third kappa shape index (κ3) is 7.77. The van der Waals surface area contributed by atoms with Crippen molar-refractivity contribution in [2.45, 2.75) is 33.4 Å². The predicted octanol–water partition coefficient (Wildman–Crippen LogP) is 4.96.